The Labute approximate surface area is 168 Å². The SMILES string of the molecule is CC1(c2ccc(F)cc2)NC(=O)N(CC(=O)Nc2ccc(Cl)c([N+](=O)[O-])c2)C1=O. The predicted molar refractivity (Wildman–Crippen MR) is 101 cm³/mol. The Balaban J connectivity index is 1.75. The lowest BCUT2D eigenvalue weighted by Gasteiger charge is -2.22. The first-order valence-corrected chi connectivity index (χ1v) is 8.63. The van der Waals surface area contributed by atoms with Gasteiger partial charge >= 0.3 is 6.03 Å². The van der Waals surface area contributed by atoms with E-state index in [0.717, 1.165) is 18.2 Å². The van der Waals surface area contributed by atoms with Crippen molar-refractivity contribution in [2.24, 2.45) is 0 Å². The molecule has 2 aromatic carbocycles. The van der Waals surface area contributed by atoms with Gasteiger partial charge in [-0.1, -0.05) is 23.7 Å². The molecule has 29 heavy (non-hydrogen) atoms. The molecule has 1 heterocycles. The molecule has 1 aliphatic heterocycles. The average Bonchev–Trinajstić information content (AvgIpc) is 2.87. The van der Waals surface area contributed by atoms with Gasteiger partial charge in [0.05, 0.1) is 4.92 Å². The molecule has 3 rings (SSSR count). The molecule has 0 radical (unpaired) electrons. The van der Waals surface area contributed by atoms with Crippen LogP contribution in [0.4, 0.5) is 20.6 Å². The fraction of sp³-hybridized carbons (Fsp3) is 0.167. The Morgan fingerprint density at radius 2 is 1.93 bits per heavy atom. The van der Waals surface area contributed by atoms with E-state index in [2.05, 4.69) is 10.6 Å². The molecule has 1 aliphatic rings. The molecule has 2 N–H and O–H groups in total. The minimum absolute atomic E-state index is 0.0828. The van der Waals surface area contributed by atoms with Crippen LogP contribution in [0.15, 0.2) is 42.5 Å². The van der Waals surface area contributed by atoms with Crippen molar-refractivity contribution in [2.75, 3.05) is 11.9 Å². The van der Waals surface area contributed by atoms with E-state index in [4.69, 9.17) is 11.6 Å². The van der Waals surface area contributed by atoms with E-state index in [0.29, 0.717) is 10.5 Å². The Morgan fingerprint density at radius 1 is 1.28 bits per heavy atom. The van der Waals surface area contributed by atoms with Gasteiger partial charge in [-0.25, -0.2) is 9.18 Å². The molecule has 11 heteroatoms. The van der Waals surface area contributed by atoms with Crippen LogP contribution in [-0.4, -0.2) is 34.2 Å². The number of urea groups is 1. The van der Waals surface area contributed by atoms with Crippen molar-refractivity contribution in [3.63, 3.8) is 0 Å². The summed E-state index contributed by atoms with van der Waals surface area (Å²) < 4.78 is 13.1. The van der Waals surface area contributed by atoms with E-state index >= 15 is 0 Å². The van der Waals surface area contributed by atoms with Crippen LogP contribution in [0.1, 0.15) is 12.5 Å². The number of hydrogen-bond acceptors (Lipinski definition) is 5. The molecule has 0 spiro atoms. The number of imide groups is 1. The number of hydrogen-bond donors (Lipinski definition) is 2. The first-order valence-electron chi connectivity index (χ1n) is 8.26. The second-order valence-corrected chi connectivity index (χ2v) is 6.83. The van der Waals surface area contributed by atoms with Crippen molar-refractivity contribution >= 4 is 40.8 Å². The summed E-state index contributed by atoms with van der Waals surface area (Å²) in [5.41, 5.74) is -1.42. The zero-order valence-electron chi connectivity index (χ0n) is 14.9. The summed E-state index contributed by atoms with van der Waals surface area (Å²) in [7, 11) is 0. The maximum Gasteiger partial charge on any atom is 0.325 e. The molecule has 150 valence electrons. The van der Waals surface area contributed by atoms with Crippen LogP contribution >= 0.6 is 11.6 Å². The van der Waals surface area contributed by atoms with Crippen LogP contribution in [0.25, 0.3) is 0 Å². The smallest absolute Gasteiger partial charge is 0.324 e. The second-order valence-electron chi connectivity index (χ2n) is 6.42. The lowest BCUT2D eigenvalue weighted by molar-refractivity contribution is -0.384. The van der Waals surface area contributed by atoms with Gasteiger partial charge in [0, 0.05) is 11.8 Å². The average molecular weight is 421 g/mol. The van der Waals surface area contributed by atoms with Crippen LogP contribution in [0.3, 0.4) is 0 Å². The lowest BCUT2D eigenvalue weighted by Crippen LogP contribution is -2.42. The molecule has 2 aromatic rings. The van der Waals surface area contributed by atoms with Crippen molar-refractivity contribution in [1.29, 1.82) is 0 Å². The van der Waals surface area contributed by atoms with Gasteiger partial charge in [0.25, 0.3) is 11.6 Å². The number of anilines is 1. The van der Waals surface area contributed by atoms with Crippen LogP contribution in [0.2, 0.25) is 5.02 Å². The maximum absolute atomic E-state index is 13.1. The number of carbonyl (C=O) groups excluding carboxylic acids is 3. The van der Waals surface area contributed by atoms with Crippen LogP contribution in [0, 0.1) is 15.9 Å². The molecule has 0 saturated carbocycles. The Kier molecular flexibility index (Phi) is 5.21. The summed E-state index contributed by atoms with van der Waals surface area (Å²) in [6.07, 6.45) is 0. The first-order chi connectivity index (χ1) is 13.6. The molecule has 9 nitrogen and oxygen atoms in total. The molecule has 0 bridgehead atoms. The van der Waals surface area contributed by atoms with Gasteiger partial charge in [-0.3, -0.25) is 24.6 Å². The number of carbonyl (C=O) groups is 3. The highest BCUT2D eigenvalue weighted by molar-refractivity contribution is 6.32. The Bertz CT molecular complexity index is 1030. The largest absolute Gasteiger partial charge is 0.325 e. The molecule has 1 unspecified atom stereocenters. The van der Waals surface area contributed by atoms with Gasteiger partial charge < -0.3 is 10.6 Å². The van der Waals surface area contributed by atoms with E-state index in [1.54, 1.807) is 0 Å². The van der Waals surface area contributed by atoms with E-state index in [1.165, 1.54) is 31.2 Å². The maximum atomic E-state index is 13.1. The van der Waals surface area contributed by atoms with Gasteiger partial charge in [0.15, 0.2) is 0 Å². The fourth-order valence-electron chi connectivity index (χ4n) is 2.89. The van der Waals surface area contributed by atoms with Gasteiger partial charge in [-0.05, 0) is 36.8 Å². The monoisotopic (exact) mass is 420 g/mol. The predicted octanol–water partition coefficient (Wildman–Crippen LogP) is 2.79. The molecule has 1 saturated heterocycles. The lowest BCUT2D eigenvalue weighted by atomic mass is 9.92. The summed E-state index contributed by atoms with van der Waals surface area (Å²) in [4.78, 5) is 48.2. The molecule has 4 amide bonds. The number of benzene rings is 2. The van der Waals surface area contributed by atoms with Gasteiger partial charge in [0.1, 0.15) is 22.9 Å². The molecule has 1 fully saturated rings. The highest BCUT2D eigenvalue weighted by Crippen LogP contribution is 2.30. The third-order valence-electron chi connectivity index (χ3n) is 4.42. The quantitative estimate of drug-likeness (QED) is 0.437. The number of rotatable bonds is 5. The third-order valence-corrected chi connectivity index (χ3v) is 4.74. The summed E-state index contributed by atoms with van der Waals surface area (Å²) in [5.74, 6) is -1.93. The van der Waals surface area contributed by atoms with E-state index < -0.39 is 46.4 Å². The number of nitro groups is 1. The third kappa shape index (κ3) is 3.87. The van der Waals surface area contributed by atoms with Gasteiger partial charge in [0.2, 0.25) is 5.91 Å². The summed E-state index contributed by atoms with van der Waals surface area (Å²) in [5, 5.41) is 15.7. The second kappa shape index (κ2) is 7.47. The highest BCUT2D eigenvalue weighted by atomic mass is 35.5. The van der Waals surface area contributed by atoms with E-state index in [9.17, 15) is 28.9 Å². The number of amides is 4. The molecular formula is C18H14ClFN4O5. The van der Waals surface area contributed by atoms with Crippen molar-refractivity contribution < 1.29 is 23.7 Å². The zero-order valence-corrected chi connectivity index (χ0v) is 15.7. The molecular weight excluding hydrogens is 407 g/mol. The summed E-state index contributed by atoms with van der Waals surface area (Å²) in [6.45, 7) is 0.832. The highest BCUT2D eigenvalue weighted by Gasteiger charge is 2.49. The number of nitro benzene ring substituents is 1. The van der Waals surface area contributed by atoms with Crippen molar-refractivity contribution in [1.82, 2.24) is 10.2 Å². The van der Waals surface area contributed by atoms with Crippen LogP contribution in [0.5, 0.6) is 0 Å². The Hall–Kier alpha value is -3.53. The Morgan fingerprint density at radius 3 is 2.55 bits per heavy atom. The summed E-state index contributed by atoms with van der Waals surface area (Å²) >= 11 is 5.72. The minimum Gasteiger partial charge on any atom is -0.324 e. The summed E-state index contributed by atoms with van der Waals surface area (Å²) in [6, 6.07) is 7.91. The van der Waals surface area contributed by atoms with Crippen LogP contribution < -0.4 is 10.6 Å². The number of halogens is 2. The molecule has 1 atom stereocenters. The van der Waals surface area contributed by atoms with Crippen molar-refractivity contribution in [3.8, 4) is 0 Å². The number of nitrogens with zero attached hydrogens (tertiary/aromatic N) is 2. The molecule has 0 aromatic heterocycles. The van der Waals surface area contributed by atoms with Gasteiger partial charge in [-0.2, -0.15) is 0 Å². The van der Waals surface area contributed by atoms with Gasteiger partial charge in [-0.15, -0.1) is 0 Å². The minimum atomic E-state index is -1.45. The first kappa shape index (κ1) is 20.2. The normalized spacial score (nSPS) is 18.5. The standard InChI is InChI=1S/C18H14ClFN4O5/c1-18(10-2-4-11(20)5-3-10)16(26)23(17(27)22-18)9-15(25)21-12-6-7-13(19)14(8-12)24(28)29/h2-8H,9H2,1H3,(H,21,25)(H,22,27). The van der Waals surface area contributed by atoms with Crippen molar-refractivity contribution in [2.45, 2.75) is 12.5 Å². The van der Waals surface area contributed by atoms with E-state index in [1.807, 2.05) is 0 Å². The zero-order chi connectivity index (χ0) is 21.3. The fourth-order valence-corrected chi connectivity index (χ4v) is 3.08. The number of nitrogens with one attached hydrogen (secondary N) is 2. The van der Waals surface area contributed by atoms with Crippen LogP contribution in [-0.2, 0) is 15.1 Å². The molecule has 0 aliphatic carbocycles. The topological polar surface area (TPSA) is 122 Å². The van der Waals surface area contributed by atoms with Crippen molar-refractivity contribution in [3.05, 3.63) is 69.0 Å². The van der Waals surface area contributed by atoms with E-state index in [-0.39, 0.29) is 10.7 Å².